The molecule has 1 aromatic carbocycles. The molecule has 168 valence electrons. The molecule has 1 atom stereocenters. The number of hydrogen-bond acceptors (Lipinski definition) is 4. The third kappa shape index (κ3) is 3.68. The van der Waals surface area contributed by atoms with E-state index >= 15 is 0 Å². The highest BCUT2D eigenvalue weighted by Crippen LogP contribution is 2.60. The van der Waals surface area contributed by atoms with Gasteiger partial charge in [-0.1, -0.05) is 6.07 Å². The molecule has 6 nitrogen and oxygen atoms in total. The third-order valence-electron chi connectivity index (χ3n) is 8.29. The Morgan fingerprint density at radius 1 is 1.03 bits per heavy atom. The highest BCUT2D eigenvalue weighted by atomic mass is 16.5. The van der Waals surface area contributed by atoms with Gasteiger partial charge in [0.25, 0.3) is 0 Å². The van der Waals surface area contributed by atoms with Gasteiger partial charge in [0.2, 0.25) is 11.8 Å². The van der Waals surface area contributed by atoms with E-state index in [4.69, 9.17) is 9.47 Å². The lowest BCUT2D eigenvalue weighted by Crippen LogP contribution is -2.54. The van der Waals surface area contributed by atoms with Crippen molar-refractivity contribution in [1.29, 1.82) is 0 Å². The number of hydrogen-bond donors (Lipinski definition) is 1. The van der Waals surface area contributed by atoms with Gasteiger partial charge in [0, 0.05) is 12.0 Å². The number of carbonyl (C=O) groups is 2. The molecule has 0 aromatic heterocycles. The van der Waals surface area contributed by atoms with Crippen molar-refractivity contribution < 1.29 is 19.1 Å². The lowest BCUT2D eigenvalue weighted by molar-refractivity contribution is -0.148. The third-order valence-corrected chi connectivity index (χ3v) is 8.29. The second-order valence-corrected chi connectivity index (χ2v) is 10.2. The van der Waals surface area contributed by atoms with Crippen LogP contribution >= 0.6 is 0 Å². The summed E-state index contributed by atoms with van der Waals surface area (Å²) < 4.78 is 10.8. The van der Waals surface area contributed by atoms with Gasteiger partial charge in [0.05, 0.1) is 26.8 Å². The predicted molar refractivity (Wildman–Crippen MR) is 117 cm³/mol. The molecule has 4 saturated carbocycles. The van der Waals surface area contributed by atoms with Crippen LogP contribution in [0, 0.1) is 23.2 Å². The summed E-state index contributed by atoms with van der Waals surface area (Å²) in [5.74, 6) is 3.67. The minimum atomic E-state index is -0.206. The molecule has 6 heteroatoms. The number of carbonyl (C=O) groups excluding carboxylic acids is 2. The van der Waals surface area contributed by atoms with Crippen LogP contribution in [0.2, 0.25) is 0 Å². The molecule has 2 amide bonds. The van der Waals surface area contributed by atoms with Crippen LogP contribution in [0.1, 0.15) is 63.0 Å². The molecule has 1 aliphatic heterocycles. The summed E-state index contributed by atoms with van der Waals surface area (Å²) in [6.07, 6.45) is 8.90. The lowest BCUT2D eigenvalue weighted by atomic mass is 9.49. The van der Waals surface area contributed by atoms with E-state index in [0.29, 0.717) is 11.5 Å². The molecule has 1 N–H and O–H groups in total. The van der Waals surface area contributed by atoms with Crippen LogP contribution < -0.4 is 14.8 Å². The molecule has 1 heterocycles. The number of amides is 2. The van der Waals surface area contributed by atoms with E-state index in [-0.39, 0.29) is 29.8 Å². The van der Waals surface area contributed by atoms with Gasteiger partial charge in [-0.2, -0.15) is 0 Å². The zero-order chi connectivity index (χ0) is 21.6. The van der Waals surface area contributed by atoms with E-state index in [1.165, 1.54) is 19.3 Å². The largest absolute Gasteiger partial charge is 0.493 e. The number of benzene rings is 1. The Morgan fingerprint density at radius 3 is 2.29 bits per heavy atom. The van der Waals surface area contributed by atoms with E-state index in [2.05, 4.69) is 5.32 Å². The standard InChI is InChI=1S/C25H34N2O4/c1-30-21-6-5-19(11-22(21)31-2)20-4-3-7-27(20)23(28)15-26-24(29)25-12-16-8-17(13-25)10-18(9-16)14-25/h5-6,11,16-18,20H,3-4,7-10,12-15H2,1-2H3,(H,26,29)/t16?,17?,18?,20-,25?/m1/s1. The van der Waals surface area contributed by atoms with E-state index in [0.717, 1.165) is 62.0 Å². The van der Waals surface area contributed by atoms with E-state index in [1.54, 1.807) is 14.2 Å². The first-order valence-corrected chi connectivity index (χ1v) is 11.8. The number of likely N-dealkylation sites (tertiary alicyclic amines) is 1. The molecular formula is C25H34N2O4. The van der Waals surface area contributed by atoms with Crippen LogP contribution in [-0.2, 0) is 9.59 Å². The molecule has 4 aliphatic carbocycles. The number of rotatable bonds is 6. The predicted octanol–water partition coefficient (Wildman–Crippen LogP) is 3.70. The summed E-state index contributed by atoms with van der Waals surface area (Å²) in [5.41, 5.74) is 0.846. The van der Waals surface area contributed by atoms with Gasteiger partial charge in [-0.25, -0.2) is 0 Å². The highest BCUT2D eigenvalue weighted by Gasteiger charge is 2.54. The number of ether oxygens (including phenoxy) is 2. The molecular weight excluding hydrogens is 392 g/mol. The van der Waals surface area contributed by atoms with Crippen LogP contribution in [-0.4, -0.2) is 44.0 Å². The molecule has 4 bridgehead atoms. The average molecular weight is 427 g/mol. The quantitative estimate of drug-likeness (QED) is 0.753. The van der Waals surface area contributed by atoms with Gasteiger partial charge in [-0.15, -0.1) is 0 Å². The van der Waals surface area contributed by atoms with Crippen molar-refractivity contribution in [1.82, 2.24) is 10.2 Å². The molecule has 6 rings (SSSR count). The van der Waals surface area contributed by atoms with Gasteiger partial charge in [-0.3, -0.25) is 9.59 Å². The Labute approximate surface area is 184 Å². The Hall–Kier alpha value is -2.24. The molecule has 0 unspecified atom stereocenters. The maximum atomic E-state index is 13.2. The topological polar surface area (TPSA) is 67.9 Å². The van der Waals surface area contributed by atoms with Crippen molar-refractivity contribution in [3.63, 3.8) is 0 Å². The summed E-state index contributed by atoms with van der Waals surface area (Å²) in [6, 6.07) is 5.88. The molecule has 1 saturated heterocycles. The van der Waals surface area contributed by atoms with Crippen molar-refractivity contribution in [2.75, 3.05) is 27.3 Å². The van der Waals surface area contributed by atoms with E-state index in [1.807, 2.05) is 23.1 Å². The SMILES string of the molecule is COc1ccc([C@H]2CCCN2C(=O)CNC(=O)C23CC4CC(CC(C4)C2)C3)cc1OC. The van der Waals surface area contributed by atoms with Crippen molar-refractivity contribution >= 4 is 11.8 Å². The van der Waals surface area contributed by atoms with Crippen molar-refractivity contribution in [2.24, 2.45) is 23.2 Å². The van der Waals surface area contributed by atoms with Crippen LogP contribution in [0.15, 0.2) is 18.2 Å². The first-order valence-electron chi connectivity index (χ1n) is 11.8. The maximum Gasteiger partial charge on any atom is 0.242 e. The average Bonchev–Trinajstić information content (AvgIpc) is 3.26. The smallest absolute Gasteiger partial charge is 0.242 e. The van der Waals surface area contributed by atoms with Gasteiger partial charge in [0.15, 0.2) is 11.5 Å². The van der Waals surface area contributed by atoms with Crippen LogP contribution in [0.3, 0.4) is 0 Å². The number of nitrogens with zero attached hydrogens (tertiary/aromatic N) is 1. The summed E-state index contributed by atoms with van der Waals surface area (Å²) in [4.78, 5) is 28.2. The Bertz CT molecular complexity index is 832. The van der Waals surface area contributed by atoms with Gasteiger partial charge in [-0.05, 0) is 86.8 Å². The summed E-state index contributed by atoms with van der Waals surface area (Å²) >= 11 is 0. The molecule has 1 aromatic rings. The fourth-order valence-electron chi connectivity index (χ4n) is 7.31. The fraction of sp³-hybridized carbons (Fsp3) is 0.680. The van der Waals surface area contributed by atoms with Gasteiger partial charge < -0.3 is 19.7 Å². The first-order chi connectivity index (χ1) is 15.0. The van der Waals surface area contributed by atoms with Crippen molar-refractivity contribution in [3.8, 4) is 11.5 Å². The number of nitrogens with one attached hydrogen (secondary N) is 1. The van der Waals surface area contributed by atoms with E-state index in [9.17, 15) is 9.59 Å². The van der Waals surface area contributed by atoms with Crippen molar-refractivity contribution in [3.05, 3.63) is 23.8 Å². The summed E-state index contributed by atoms with van der Waals surface area (Å²) in [6.45, 7) is 0.829. The summed E-state index contributed by atoms with van der Waals surface area (Å²) in [5, 5.41) is 3.05. The van der Waals surface area contributed by atoms with Crippen LogP contribution in [0.4, 0.5) is 0 Å². The molecule has 0 spiro atoms. The minimum Gasteiger partial charge on any atom is -0.493 e. The Morgan fingerprint density at radius 2 is 1.68 bits per heavy atom. The Kier molecular flexibility index (Phi) is 5.35. The zero-order valence-electron chi connectivity index (χ0n) is 18.7. The van der Waals surface area contributed by atoms with Gasteiger partial charge >= 0.3 is 0 Å². The van der Waals surface area contributed by atoms with Crippen LogP contribution in [0.25, 0.3) is 0 Å². The monoisotopic (exact) mass is 426 g/mol. The van der Waals surface area contributed by atoms with Gasteiger partial charge in [0.1, 0.15) is 0 Å². The molecule has 5 aliphatic rings. The maximum absolute atomic E-state index is 13.2. The second-order valence-electron chi connectivity index (χ2n) is 10.2. The highest BCUT2D eigenvalue weighted by molar-refractivity contribution is 5.88. The fourth-order valence-corrected chi connectivity index (χ4v) is 7.31. The zero-order valence-corrected chi connectivity index (χ0v) is 18.7. The first kappa shape index (κ1) is 20.7. The minimum absolute atomic E-state index is 0.00960. The summed E-state index contributed by atoms with van der Waals surface area (Å²) in [7, 11) is 3.24. The molecule has 0 radical (unpaired) electrons. The lowest BCUT2D eigenvalue weighted by Gasteiger charge is -2.55. The second kappa shape index (κ2) is 8.03. The number of methoxy groups -OCH3 is 2. The molecule has 5 fully saturated rings. The molecule has 31 heavy (non-hydrogen) atoms. The van der Waals surface area contributed by atoms with Crippen molar-refractivity contribution in [2.45, 2.75) is 57.4 Å². The Balaban J connectivity index is 1.24. The van der Waals surface area contributed by atoms with Crippen LogP contribution in [0.5, 0.6) is 11.5 Å². The normalized spacial score (nSPS) is 33.4. The van der Waals surface area contributed by atoms with E-state index < -0.39 is 0 Å².